The molecule has 0 radical (unpaired) electrons. The van der Waals surface area contributed by atoms with Crippen LogP contribution in [-0.4, -0.2) is 21.4 Å². The van der Waals surface area contributed by atoms with Crippen molar-refractivity contribution in [1.82, 2.24) is 15.1 Å². The van der Waals surface area contributed by atoms with E-state index in [9.17, 15) is 4.79 Å². The number of carbonyl (C=O) groups excluding carboxylic acids is 1. The first-order valence-electron chi connectivity index (χ1n) is 12.7. The molecule has 0 saturated heterocycles. The van der Waals surface area contributed by atoms with Gasteiger partial charge in [-0.1, -0.05) is 61.0 Å². The molecule has 39 heavy (non-hydrogen) atoms. The fourth-order valence-corrected chi connectivity index (χ4v) is 4.89. The molecule has 0 saturated carbocycles. The zero-order valence-electron chi connectivity index (χ0n) is 21.5. The number of hydrogen-bond acceptors (Lipinski definition) is 4. The van der Waals surface area contributed by atoms with Crippen LogP contribution >= 0.6 is 23.4 Å². The van der Waals surface area contributed by atoms with E-state index in [-0.39, 0.29) is 5.91 Å². The summed E-state index contributed by atoms with van der Waals surface area (Å²) >= 11 is 7.75. The van der Waals surface area contributed by atoms with Crippen LogP contribution in [0, 0.1) is 0 Å². The van der Waals surface area contributed by atoms with Gasteiger partial charge in [-0.15, -0.1) is 11.8 Å². The third-order valence-electron chi connectivity index (χ3n) is 6.12. The summed E-state index contributed by atoms with van der Waals surface area (Å²) in [7, 11) is 0. The van der Waals surface area contributed by atoms with Crippen LogP contribution in [0.3, 0.4) is 0 Å². The minimum Gasteiger partial charge on any atom is -0.489 e. The summed E-state index contributed by atoms with van der Waals surface area (Å²) in [6.45, 7) is 2.92. The molecule has 196 valence electrons. The molecule has 0 fully saturated rings. The fraction of sp³-hybridized carbons (Fsp3) is 0.125. The van der Waals surface area contributed by atoms with Gasteiger partial charge in [-0.3, -0.25) is 4.79 Å². The Morgan fingerprint density at radius 3 is 2.33 bits per heavy atom. The van der Waals surface area contributed by atoms with Gasteiger partial charge in [0.1, 0.15) is 12.4 Å². The third-order valence-corrected chi connectivity index (χ3v) is 7.27. The van der Waals surface area contributed by atoms with Crippen LogP contribution in [0.5, 0.6) is 5.75 Å². The van der Waals surface area contributed by atoms with E-state index in [1.807, 2.05) is 65.5 Å². The van der Waals surface area contributed by atoms with E-state index in [1.54, 1.807) is 36.0 Å². The van der Waals surface area contributed by atoms with Gasteiger partial charge in [-0.05, 0) is 72.0 Å². The number of nitrogens with zero attached hydrogens (tertiary/aromatic N) is 2. The summed E-state index contributed by atoms with van der Waals surface area (Å²) in [5.41, 5.74) is 5.34. The number of aromatic nitrogens is 2. The zero-order valence-corrected chi connectivity index (χ0v) is 23.1. The highest BCUT2D eigenvalue weighted by atomic mass is 35.5. The molecule has 1 N–H and O–H groups in total. The van der Waals surface area contributed by atoms with Crippen molar-refractivity contribution >= 4 is 29.3 Å². The molecule has 5 nitrogen and oxygen atoms in total. The second-order valence-electron chi connectivity index (χ2n) is 8.86. The minimum absolute atomic E-state index is 0.160. The summed E-state index contributed by atoms with van der Waals surface area (Å²) in [6, 6.07) is 33.0. The van der Waals surface area contributed by atoms with Crippen molar-refractivity contribution in [3.8, 4) is 22.7 Å². The SMILES string of the molecule is CCSc1ccc(-c2nn(-c3ccccc3)cc2CNC(=O)c2ccc(OCc3ccc(Cl)cc3)cc2)cc1. The monoisotopic (exact) mass is 553 g/mol. The van der Waals surface area contributed by atoms with E-state index in [2.05, 4.69) is 36.5 Å². The first kappa shape index (κ1) is 26.6. The normalized spacial score (nSPS) is 10.8. The van der Waals surface area contributed by atoms with E-state index in [0.29, 0.717) is 29.5 Å². The smallest absolute Gasteiger partial charge is 0.251 e. The fourth-order valence-electron chi connectivity index (χ4n) is 4.10. The molecule has 0 aliphatic carbocycles. The molecule has 1 amide bonds. The van der Waals surface area contributed by atoms with Crippen LogP contribution in [0.25, 0.3) is 16.9 Å². The van der Waals surface area contributed by atoms with Crippen molar-refractivity contribution in [2.24, 2.45) is 0 Å². The third kappa shape index (κ3) is 6.91. The number of rotatable bonds is 10. The van der Waals surface area contributed by atoms with Crippen molar-refractivity contribution in [3.05, 3.63) is 131 Å². The molecule has 0 atom stereocenters. The highest BCUT2D eigenvalue weighted by molar-refractivity contribution is 7.99. The molecule has 0 spiro atoms. The van der Waals surface area contributed by atoms with E-state index < -0.39 is 0 Å². The number of halogens is 1. The van der Waals surface area contributed by atoms with Gasteiger partial charge < -0.3 is 10.1 Å². The molecule has 1 aromatic heterocycles. The summed E-state index contributed by atoms with van der Waals surface area (Å²) < 4.78 is 7.70. The Morgan fingerprint density at radius 1 is 0.923 bits per heavy atom. The van der Waals surface area contributed by atoms with Gasteiger partial charge in [0.05, 0.1) is 11.4 Å². The number of thioether (sulfide) groups is 1. The molecular weight excluding hydrogens is 526 g/mol. The summed E-state index contributed by atoms with van der Waals surface area (Å²) in [5, 5.41) is 8.62. The van der Waals surface area contributed by atoms with Gasteiger partial charge >= 0.3 is 0 Å². The maximum Gasteiger partial charge on any atom is 0.251 e. The Hall–Kier alpha value is -4.00. The Bertz CT molecular complexity index is 1520. The topological polar surface area (TPSA) is 56.2 Å². The highest BCUT2D eigenvalue weighted by Crippen LogP contribution is 2.27. The van der Waals surface area contributed by atoms with Gasteiger partial charge in [-0.2, -0.15) is 5.10 Å². The molecule has 0 aliphatic rings. The Balaban J connectivity index is 1.28. The van der Waals surface area contributed by atoms with E-state index in [0.717, 1.165) is 33.8 Å². The first-order chi connectivity index (χ1) is 19.1. The van der Waals surface area contributed by atoms with Crippen molar-refractivity contribution < 1.29 is 9.53 Å². The number of amides is 1. The minimum atomic E-state index is -0.160. The number of ether oxygens (including phenoxy) is 1. The number of nitrogens with one attached hydrogen (secondary N) is 1. The Kier molecular flexibility index (Phi) is 8.66. The van der Waals surface area contributed by atoms with Crippen LogP contribution in [0.15, 0.2) is 114 Å². The lowest BCUT2D eigenvalue weighted by molar-refractivity contribution is 0.0951. The van der Waals surface area contributed by atoms with Crippen LogP contribution < -0.4 is 10.1 Å². The number of benzene rings is 4. The standard InChI is InChI=1S/C32H28ClN3O2S/c1-2-39-30-18-12-24(13-19-30)31-26(21-36(35-31)28-6-4-3-5-7-28)20-34-32(37)25-10-16-29(17-11-25)38-22-23-8-14-27(33)15-9-23/h3-19,21H,2,20,22H2,1H3,(H,34,37). The Labute approximate surface area is 237 Å². The first-order valence-corrected chi connectivity index (χ1v) is 14.1. The number of carbonyl (C=O) groups is 1. The van der Waals surface area contributed by atoms with Gasteiger partial charge in [-0.25, -0.2) is 4.68 Å². The van der Waals surface area contributed by atoms with Crippen LogP contribution in [-0.2, 0) is 13.2 Å². The molecule has 1 heterocycles. The molecule has 5 rings (SSSR count). The second-order valence-corrected chi connectivity index (χ2v) is 10.6. The average molecular weight is 554 g/mol. The van der Waals surface area contributed by atoms with E-state index in [4.69, 9.17) is 21.4 Å². The largest absolute Gasteiger partial charge is 0.489 e. The predicted molar refractivity (Wildman–Crippen MR) is 159 cm³/mol. The van der Waals surface area contributed by atoms with Gasteiger partial charge in [0.2, 0.25) is 0 Å². The summed E-state index contributed by atoms with van der Waals surface area (Å²) in [5.74, 6) is 1.55. The van der Waals surface area contributed by atoms with Crippen molar-refractivity contribution in [1.29, 1.82) is 0 Å². The molecule has 0 bridgehead atoms. The van der Waals surface area contributed by atoms with Crippen LogP contribution in [0.4, 0.5) is 0 Å². The quantitative estimate of drug-likeness (QED) is 0.179. The summed E-state index contributed by atoms with van der Waals surface area (Å²) in [4.78, 5) is 14.2. The number of hydrogen-bond donors (Lipinski definition) is 1. The van der Waals surface area contributed by atoms with Gasteiger partial charge in [0, 0.05) is 39.4 Å². The average Bonchev–Trinajstić information content (AvgIpc) is 3.41. The zero-order chi connectivity index (χ0) is 27.0. The van der Waals surface area contributed by atoms with Crippen molar-refractivity contribution in [3.63, 3.8) is 0 Å². The highest BCUT2D eigenvalue weighted by Gasteiger charge is 2.14. The maximum atomic E-state index is 13.0. The van der Waals surface area contributed by atoms with E-state index in [1.165, 1.54) is 4.90 Å². The Morgan fingerprint density at radius 2 is 1.64 bits per heavy atom. The maximum absolute atomic E-state index is 13.0. The van der Waals surface area contributed by atoms with Crippen molar-refractivity contribution in [2.45, 2.75) is 25.0 Å². The predicted octanol–water partition coefficient (Wildman–Crippen LogP) is 7.81. The van der Waals surface area contributed by atoms with Crippen LogP contribution in [0.1, 0.15) is 28.4 Å². The lowest BCUT2D eigenvalue weighted by Crippen LogP contribution is -2.22. The molecular formula is C32H28ClN3O2S. The molecule has 0 aliphatic heterocycles. The van der Waals surface area contributed by atoms with Gasteiger partial charge in [0.15, 0.2) is 0 Å². The lowest BCUT2D eigenvalue weighted by Gasteiger charge is -2.09. The molecule has 5 aromatic rings. The van der Waals surface area contributed by atoms with Crippen molar-refractivity contribution in [2.75, 3.05) is 5.75 Å². The van der Waals surface area contributed by atoms with Gasteiger partial charge in [0.25, 0.3) is 5.91 Å². The molecule has 7 heteroatoms. The lowest BCUT2D eigenvalue weighted by atomic mass is 10.1. The van der Waals surface area contributed by atoms with Crippen LogP contribution in [0.2, 0.25) is 5.02 Å². The second kappa shape index (κ2) is 12.7. The molecule has 0 unspecified atom stereocenters. The number of para-hydroxylation sites is 1. The van der Waals surface area contributed by atoms with E-state index >= 15 is 0 Å². The summed E-state index contributed by atoms with van der Waals surface area (Å²) in [6.07, 6.45) is 1.98. The molecule has 4 aromatic carbocycles.